The van der Waals surface area contributed by atoms with E-state index in [2.05, 4.69) is 47.4 Å². The van der Waals surface area contributed by atoms with Crippen molar-refractivity contribution in [2.24, 2.45) is 5.41 Å². The van der Waals surface area contributed by atoms with Gasteiger partial charge in [-0.15, -0.1) is 10.2 Å². The van der Waals surface area contributed by atoms with Crippen LogP contribution in [0.1, 0.15) is 25.3 Å². The summed E-state index contributed by atoms with van der Waals surface area (Å²) in [4.78, 5) is 12.0. The number of nitrogens with zero attached hydrogens (tertiary/aromatic N) is 2. The minimum absolute atomic E-state index is 0.0277. The molecule has 1 atom stereocenters. The number of alkyl halides is 2. The molecule has 0 unspecified atom stereocenters. The van der Waals surface area contributed by atoms with Gasteiger partial charge in [-0.2, -0.15) is 0 Å². The lowest BCUT2D eigenvalue weighted by atomic mass is 10.1. The lowest BCUT2D eigenvalue weighted by molar-refractivity contribution is -0.120. The van der Waals surface area contributed by atoms with Gasteiger partial charge in [0, 0.05) is 0 Å². The van der Waals surface area contributed by atoms with Gasteiger partial charge >= 0.3 is 0 Å². The molecule has 88 valence electrons. The second kappa shape index (κ2) is 4.03. The summed E-state index contributed by atoms with van der Waals surface area (Å²) in [7, 11) is 0. The molecular formula is C9H11Br2N3OS. The van der Waals surface area contributed by atoms with E-state index in [0.717, 1.165) is 17.8 Å². The molecule has 1 saturated carbocycles. The molecule has 0 aromatic carbocycles. The summed E-state index contributed by atoms with van der Waals surface area (Å²) in [5.41, 5.74) is -0.412. The maximum absolute atomic E-state index is 12.0. The minimum atomic E-state index is -0.412. The highest BCUT2D eigenvalue weighted by molar-refractivity contribution is 9.25. The molecule has 1 N–H and O–H groups in total. The number of carbonyl (C=O) groups is 1. The quantitative estimate of drug-likeness (QED) is 0.834. The molecule has 1 heterocycles. The van der Waals surface area contributed by atoms with Crippen LogP contribution in [0.4, 0.5) is 5.13 Å². The van der Waals surface area contributed by atoms with E-state index in [4.69, 9.17) is 0 Å². The second-order valence-corrected chi connectivity index (χ2v) is 8.86. The highest BCUT2D eigenvalue weighted by Crippen LogP contribution is 2.66. The van der Waals surface area contributed by atoms with Crippen molar-refractivity contribution in [3.05, 3.63) is 5.01 Å². The van der Waals surface area contributed by atoms with Gasteiger partial charge in [-0.25, -0.2) is 0 Å². The van der Waals surface area contributed by atoms with Crippen LogP contribution in [0.25, 0.3) is 0 Å². The maximum Gasteiger partial charge on any atom is 0.234 e. The Morgan fingerprint density at radius 2 is 2.19 bits per heavy atom. The minimum Gasteiger partial charge on any atom is -0.300 e. The first-order valence-corrected chi connectivity index (χ1v) is 7.31. The van der Waals surface area contributed by atoms with Crippen LogP contribution in [0, 0.1) is 5.41 Å². The van der Waals surface area contributed by atoms with E-state index in [1.807, 2.05) is 13.8 Å². The van der Waals surface area contributed by atoms with E-state index >= 15 is 0 Å². The molecule has 1 fully saturated rings. The third-order valence-corrected chi connectivity index (χ3v) is 6.04. The Hall–Kier alpha value is -0.0100. The normalized spacial score (nSPS) is 26.5. The van der Waals surface area contributed by atoms with Crippen LogP contribution in [-0.2, 0) is 11.2 Å². The molecule has 7 heteroatoms. The Morgan fingerprint density at radius 1 is 1.56 bits per heavy atom. The fourth-order valence-electron chi connectivity index (χ4n) is 1.33. The Morgan fingerprint density at radius 3 is 2.62 bits per heavy atom. The Labute approximate surface area is 114 Å². The fraction of sp³-hybridized carbons (Fsp3) is 0.667. The Balaban J connectivity index is 2.04. The van der Waals surface area contributed by atoms with Crippen molar-refractivity contribution in [1.29, 1.82) is 0 Å². The van der Waals surface area contributed by atoms with Gasteiger partial charge in [0.2, 0.25) is 11.0 Å². The molecule has 4 nitrogen and oxygen atoms in total. The number of halogens is 2. The first kappa shape index (κ1) is 12.4. The first-order valence-electron chi connectivity index (χ1n) is 4.91. The van der Waals surface area contributed by atoms with Gasteiger partial charge in [-0.05, 0) is 19.8 Å². The van der Waals surface area contributed by atoms with Crippen LogP contribution in [0.5, 0.6) is 0 Å². The first-order chi connectivity index (χ1) is 7.39. The zero-order valence-corrected chi connectivity index (χ0v) is 12.9. The van der Waals surface area contributed by atoms with E-state index in [1.165, 1.54) is 11.3 Å². The molecule has 0 saturated heterocycles. The van der Waals surface area contributed by atoms with Crippen molar-refractivity contribution in [1.82, 2.24) is 10.2 Å². The molecule has 0 aliphatic heterocycles. The number of hydrogen-bond acceptors (Lipinski definition) is 4. The van der Waals surface area contributed by atoms with Crippen LogP contribution >= 0.6 is 43.2 Å². The summed E-state index contributed by atoms with van der Waals surface area (Å²) in [6.07, 6.45) is 1.61. The monoisotopic (exact) mass is 367 g/mol. The zero-order chi connectivity index (χ0) is 12.0. The van der Waals surface area contributed by atoms with E-state index < -0.39 is 5.41 Å². The van der Waals surface area contributed by atoms with Crippen molar-refractivity contribution in [2.45, 2.75) is 29.9 Å². The van der Waals surface area contributed by atoms with Gasteiger partial charge in [-0.1, -0.05) is 50.1 Å². The van der Waals surface area contributed by atoms with Crippen LogP contribution in [0.15, 0.2) is 0 Å². The molecule has 0 radical (unpaired) electrons. The Bertz CT molecular complexity index is 434. The van der Waals surface area contributed by atoms with Gasteiger partial charge < -0.3 is 0 Å². The van der Waals surface area contributed by atoms with E-state index in [0.29, 0.717) is 5.13 Å². The second-order valence-electron chi connectivity index (χ2n) is 4.02. The van der Waals surface area contributed by atoms with Gasteiger partial charge in [-0.3, -0.25) is 10.1 Å². The number of amides is 1. The summed E-state index contributed by atoms with van der Waals surface area (Å²) in [5, 5.41) is 12.2. The largest absolute Gasteiger partial charge is 0.300 e. The number of nitrogens with one attached hydrogen (secondary N) is 1. The molecule has 0 spiro atoms. The summed E-state index contributed by atoms with van der Waals surface area (Å²) in [5.74, 6) is -0.0277. The summed E-state index contributed by atoms with van der Waals surface area (Å²) < 4.78 is -0.268. The maximum atomic E-state index is 12.0. The summed E-state index contributed by atoms with van der Waals surface area (Å²) in [6, 6.07) is 0. The number of rotatable bonds is 3. The average molecular weight is 369 g/mol. The van der Waals surface area contributed by atoms with E-state index in [1.54, 1.807) is 0 Å². The highest BCUT2D eigenvalue weighted by Gasteiger charge is 2.66. The number of carbonyl (C=O) groups excluding carboxylic acids is 1. The van der Waals surface area contributed by atoms with Crippen molar-refractivity contribution < 1.29 is 4.79 Å². The van der Waals surface area contributed by atoms with Crippen molar-refractivity contribution in [2.75, 3.05) is 5.32 Å². The Kier molecular flexibility index (Phi) is 3.13. The van der Waals surface area contributed by atoms with Crippen molar-refractivity contribution in [3.8, 4) is 0 Å². The predicted octanol–water partition coefficient (Wildman–Crippen LogP) is 2.94. The third kappa shape index (κ3) is 2.04. The summed E-state index contributed by atoms with van der Waals surface area (Å²) >= 11 is 8.35. The topological polar surface area (TPSA) is 54.9 Å². The van der Waals surface area contributed by atoms with Crippen LogP contribution in [0.3, 0.4) is 0 Å². The molecule has 1 aromatic heterocycles. The van der Waals surface area contributed by atoms with E-state index in [-0.39, 0.29) is 9.14 Å². The van der Waals surface area contributed by atoms with E-state index in [9.17, 15) is 4.79 Å². The van der Waals surface area contributed by atoms with Crippen LogP contribution in [0.2, 0.25) is 0 Å². The van der Waals surface area contributed by atoms with Crippen molar-refractivity contribution >= 4 is 54.2 Å². The molecule has 1 aliphatic carbocycles. The van der Waals surface area contributed by atoms with Crippen LogP contribution < -0.4 is 5.32 Å². The van der Waals surface area contributed by atoms with Gasteiger partial charge in [0.05, 0.1) is 8.65 Å². The number of aromatic nitrogens is 2. The number of aryl methyl sites for hydroxylation is 1. The molecule has 1 aromatic rings. The standard InChI is InChI=1S/C9H11Br2N3OS/c1-3-5-13-14-7(16-5)12-6(15)8(2)4-9(8,10)11/h3-4H2,1-2H3,(H,12,14,15)/t8-/m0/s1. The number of anilines is 1. The molecule has 0 bridgehead atoms. The van der Waals surface area contributed by atoms with Gasteiger partial charge in [0.25, 0.3) is 0 Å². The van der Waals surface area contributed by atoms with Gasteiger partial charge in [0.1, 0.15) is 5.01 Å². The lowest BCUT2D eigenvalue weighted by Gasteiger charge is -2.10. The van der Waals surface area contributed by atoms with Crippen LogP contribution in [-0.4, -0.2) is 19.3 Å². The fourth-order valence-corrected chi connectivity index (χ4v) is 3.48. The van der Waals surface area contributed by atoms with Gasteiger partial charge in [0.15, 0.2) is 0 Å². The molecule has 2 rings (SSSR count). The SMILES string of the molecule is CCc1nnc(NC(=O)[C@]2(C)CC2(Br)Br)s1. The molecule has 16 heavy (non-hydrogen) atoms. The number of hydrogen-bond donors (Lipinski definition) is 1. The molecular weight excluding hydrogens is 358 g/mol. The average Bonchev–Trinajstić information content (AvgIpc) is 2.62. The van der Waals surface area contributed by atoms with Crippen molar-refractivity contribution in [3.63, 3.8) is 0 Å². The smallest absolute Gasteiger partial charge is 0.234 e. The zero-order valence-electron chi connectivity index (χ0n) is 8.88. The molecule has 1 aliphatic rings. The third-order valence-electron chi connectivity index (χ3n) is 2.75. The summed E-state index contributed by atoms with van der Waals surface area (Å²) in [6.45, 7) is 3.92. The molecule has 1 amide bonds. The highest BCUT2D eigenvalue weighted by atomic mass is 79.9. The lowest BCUT2D eigenvalue weighted by Crippen LogP contribution is -2.25. The predicted molar refractivity (Wildman–Crippen MR) is 71.2 cm³/mol.